The Morgan fingerprint density at radius 1 is 1.00 bits per heavy atom. The summed E-state index contributed by atoms with van der Waals surface area (Å²) >= 11 is 0. The largest absolute Gasteiger partial charge is 0.494 e. The first-order valence-electron chi connectivity index (χ1n) is 15.5. The minimum atomic E-state index is -3.69. The van der Waals surface area contributed by atoms with Gasteiger partial charge >= 0.3 is 0 Å². The third kappa shape index (κ3) is 9.27. The summed E-state index contributed by atoms with van der Waals surface area (Å²) < 4.78 is 34.1. The van der Waals surface area contributed by atoms with Gasteiger partial charge in [0.1, 0.15) is 11.6 Å². The van der Waals surface area contributed by atoms with E-state index in [4.69, 9.17) is 4.74 Å². The highest BCUT2D eigenvalue weighted by Crippen LogP contribution is 2.25. The normalized spacial score (nSPS) is 12.6. The molecule has 0 spiro atoms. The molecular weight excluding hydrogens is 632 g/mol. The van der Waals surface area contributed by atoms with Crippen molar-refractivity contribution in [3.8, 4) is 5.75 Å². The van der Waals surface area contributed by atoms with E-state index in [9.17, 15) is 18.0 Å². The van der Waals surface area contributed by atoms with Crippen molar-refractivity contribution in [3.05, 3.63) is 89.6 Å². The number of amides is 2. The molecule has 13 nitrogen and oxygen atoms in total. The lowest BCUT2D eigenvalue weighted by Gasteiger charge is -2.20. The predicted octanol–water partition coefficient (Wildman–Crippen LogP) is 4.59. The molecule has 48 heavy (non-hydrogen) atoms. The molecule has 4 aromatic rings. The van der Waals surface area contributed by atoms with Crippen LogP contribution in [0.5, 0.6) is 5.75 Å². The van der Waals surface area contributed by atoms with Gasteiger partial charge in [-0.1, -0.05) is 12.1 Å². The van der Waals surface area contributed by atoms with E-state index in [0.29, 0.717) is 60.6 Å². The molecule has 0 aliphatic carbocycles. The Bertz CT molecular complexity index is 1890. The van der Waals surface area contributed by atoms with Crippen molar-refractivity contribution in [2.75, 3.05) is 35.6 Å². The highest BCUT2D eigenvalue weighted by molar-refractivity contribution is 7.89. The fourth-order valence-electron chi connectivity index (χ4n) is 4.89. The van der Waals surface area contributed by atoms with E-state index in [-0.39, 0.29) is 23.3 Å². The zero-order valence-electron chi connectivity index (χ0n) is 27.3. The first-order valence-corrected chi connectivity index (χ1v) is 17.0. The van der Waals surface area contributed by atoms with Crippen LogP contribution in [0.15, 0.2) is 77.8 Å². The van der Waals surface area contributed by atoms with Crippen LogP contribution < -0.4 is 36.0 Å². The molecule has 0 fully saturated rings. The minimum Gasteiger partial charge on any atom is -0.494 e. The number of nitrogens with zero attached hydrogens (tertiary/aromatic N) is 2. The van der Waals surface area contributed by atoms with E-state index in [1.54, 1.807) is 69.4 Å². The van der Waals surface area contributed by atoms with Crippen LogP contribution in [0.25, 0.3) is 0 Å². The van der Waals surface area contributed by atoms with Gasteiger partial charge in [-0.05, 0) is 95.3 Å². The maximum Gasteiger partial charge on any atom is 0.251 e. The topological polar surface area (TPSA) is 175 Å². The maximum atomic E-state index is 12.8. The molecule has 0 saturated heterocycles. The van der Waals surface area contributed by atoms with Crippen LogP contribution in [0.2, 0.25) is 0 Å². The molecule has 2 amide bonds. The van der Waals surface area contributed by atoms with Gasteiger partial charge in [-0.2, -0.15) is 4.98 Å². The third-order valence-electron chi connectivity index (χ3n) is 7.10. The van der Waals surface area contributed by atoms with Gasteiger partial charge in [0.05, 0.1) is 18.0 Å². The smallest absolute Gasteiger partial charge is 0.251 e. The van der Waals surface area contributed by atoms with E-state index in [1.807, 2.05) is 31.2 Å². The van der Waals surface area contributed by atoms with Gasteiger partial charge in [0.15, 0.2) is 0 Å². The minimum absolute atomic E-state index is 0.126. The Morgan fingerprint density at radius 2 is 1.77 bits per heavy atom. The molecule has 2 heterocycles. The standard InChI is InChI=1S/C34H40N8O5S/c1-22-19-37-33(41-31(22)38-24-8-5-9-26(18-24)48(45,46)42-34(2,3)4)39-23-12-14-25(15-13-23)47-17-7-16-35-21-30(43)40-29-11-6-10-27-28(29)20-36-32(27)44/h5-6,8-15,18-19,35,42H,7,16-17,20-21H2,1-4H3,(H,36,44)(H,40,43)(H2,37,38,39,41). The Hall–Kier alpha value is -5.05. The van der Waals surface area contributed by atoms with E-state index in [2.05, 4.69) is 41.3 Å². The number of benzene rings is 3. The lowest BCUT2D eigenvalue weighted by atomic mass is 10.1. The highest BCUT2D eigenvalue weighted by atomic mass is 32.2. The molecule has 0 bridgehead atoms. The second-order valence-corrected chi connectivity index (χ2v) is 14.0. The molecule has 1 aliphatic rings. The summed E-state index contributed by atoms with van der Waals surface area (Å²) in [6.07, 6.45) is 2.38. The summed E-state index contributed by atoms with van der Waals surface area (Å²) in [6.45, 7) is 8.85. The predicted molar refractivity (Wildman–Crippen MR) is 186 cm³/mol. The number of ether oxygens (including phenoxy) is 1. The molecule has 1 aliphatic heterocycles. The van der Waals surface area contributed by atoms with Gasteiger partial charge in [0.2, 0.25) is 21.9 Å². The number of nitrogens with one attached hydrogen (secondary N) is 6. The number of carbonyl (C=O) groups is 2. The van der Waals surface area contributed by atoms with Crippen molar-refractivity contribution in [1.82, 2.24) is 25.3 Å². The molecule has 1 aromatic heterocycles. The Balaban J connectivity index is 1.06. The number of hydrogen-bond donors (Lipinski definition) is 6. The van der Waals surface area contributed by atoms with Crippen molar-refractivity contribution < 1.29 is 22.7 Å². The molecule has 14 heteroatoms. The lowest BCUT2D eigenvalue weighted by Crippen LogP contribution is -2.40. The summed E-state index contributed by atoms with van der Waals surface area (Å²) in [6, 6.07) is 19.2. The van der Waals surface area contributed by atoms with Crippen LogP contribution in [0, 0.1) is 6.92 Å². The van der Waals surface area contributed by atoms with Crippen molar-refractivity contribution in [2.45, 2.75) is 51.1 Å². The van der Waals surface area contributed by atoms with Gasteiger partial charge < -0.3 is 31.3 Å². The molecular formula is C34H40N8O5S. The van der Waals surface area contributed by atoms with Crippen molar-refractivity contribution in [2.24, 2.45) is 0 Å². The number of aromatic nitrogens is 2. The van der Waals surface area contributed by atoms with Gasteiger partial charge in [0.25, 0.3) is 5.91 Å². The van der Waals surface area contributed by atoms with Crippen LogP contribution in [0.1, 0.15) is 48.7 Å². The molecule has 0 atom stereocenters. The number of hydrogen-bond acceptors (Lipinski definition) is 10. The van der Waals surface area contributed by atoms with Crippen LogP contribution in [0.3, 0.4) is 0 Å². The Morgan fingerprint density at radius 3 is 2.54 bits per heavy atom. The summed E-state index contributed by atoms with van der Waals surface area (Å²) in [5, 5.41) is 15.1. The van der Waals surface area contributed by atoms with E-state index in [1.165, 1.54) is 0 Å². The summed E-state index contributed by atoms with van der Waals surface area (Å²) in [7, 11) is -3.69. The Kier molecular flexibility index (Phi) is 10.6. The monoisotopic (exact) mass is 672 g/mol. The molecule has 0 saturated carbocycles. The number of fused-ring (bicyclic) bond motifs is 1. The molecule has 0 unspecified atom stereocenters. The summed E-state index contributed by atoms with van der Waals surface area (Å²) in [5.74, 6) is 1.29. The molecule has 252 valence electrons. The molecule has 0 radical (unpaired) electrons. The fraction of sp³-hybridized carbons (Fsp3) is 0.294. The summed E-state index contributed by atoms with van der Waals surface area (Å²) in [5.41, 5.74) is 3.56. The van der Waals surface area contributed by atoms with Crippen LogP contribution in [-0.2, 0) is 21.4 Å². The molecule has 3 aromatic carbocycles. The fourth-order valence-corrected chi connectivity index (χ4v) is 6.35. The highest BCUT2D eigenvalue weighted by Gasteiger charge is 2.23. The van der Waals surface area contributed by atoms with Gasteiger partial charge in [-0.25, -0.2) is 18.1 Å². The van der Waals surface area contributed by atoms with Crippen molar-refractivity contribution >= 4 is 50.7 Å². The average Bonchev–Trinajstić information content (AvgIpc) is 3.42. The van der Waals surface area contributed by atoms with E-state index >= 15 is 0 Å². The quantitative estimate of drug-likeness (QED) is 0.104. The molecule has 5 rings (SSSR count). The lowest BCUT2D eigenvalue weighted by molar-refractivity contribution is -0.115. The van der Waals surface area contributed by atoms with E-state index < -0.39 is 15.6 Å². The second kappa shape index (κ2) is 14.8. The number of carbonyl (C=O) groups excluding carboxylic acids is 2. The SMILES string of the molecule is Cc1cnc(Nc2ccc(OCCCNCC(=O)Nc3cccc4c3CNC4=O)cc2)nc1Nc1cccc(S(=O)(=O)NC(C)(C)C)c1. The van der Waals surface area contributed by atoms with Crippen molar-refractivity contribution in [1.29, 1.82) is 0 Å². The van der Waals surface area contributed by atoms with Crippen LogP contribution in [-0.4, -0.2) is 55.4 Å². The zero-order valence-corrected chi connectivity index (χ0v) is 28.1. The second-order valence-electron chi connectivity index (χ2n) is 12.3. The number of anilines is 5. The number of aryl methyl sites for hydroxylation is 1. The van der Waals surface area contributed by atoms with Gasteiger partial charge in [0, 0.05) is 52.0 Å². The number of rotatable bonds is 14. The summed E-state index contributed by atoms with van der Waals surface area (Å²) in [4.78, 5) is 33.3. The van der Waals surface area contributed by atoms with Crippen LogP contribution >= 0.6 is 0 Å². The average molecular weight is 673 g/mol. The maximum absolute atomic E-state index is 12.8. The van der Waals surface area contributed by atoms with Crippen molar-refractivity contribution in [3.63, 3.8) is 0 Å². The zero-order chi connectivity index (χ0) is 34.3. The molecule has 6 N–H and O–H groups in total. The van der Waals surface area contributed by atoms with Gasteiger partial charge in [-0.15, -0.1) is 0 Å². The van der Waals surface area contributed by atoms with E-state index in [0.717, 1.165) is 16.8 Å². The first-order chi connectivity index (χ1) is 22.9. The number of sulfonamides is 1. The third-order valence-corrected chi connectivity index (χ3v) is 8.86. The first kappa shape index (κ1) is 34.3. The van der Waals surface area contributed by atoms with Crippen LogP contribution in [0.4, 0.5) is 28.8 Å². The van der Waals surface area contributed by atoms with Gasteiger partial charge in [-0.3, -0.25) is 9.59 Å². The Labute approximate surface area is 280 Å².